The number of hydrogen-bond donors (Lipinski definition) is 0. The van der Waals surface area contributed by atoms with Gasteiger partial charge in [-0.1, -0.05) is 39.3 Å². The Morgan fingerprint density at radius 3 is 0.812 bits per heavy atom. The molecule has 178 valence electrons. The summed E-state index contributed by atoms with van der Waals surface area (Å²) in [7, 11) is -1.96. The minimum absolute atomic E-state index is 0. The Balaban J connectivity index is -0.0000000699. The third-order valence-corrected chi connectivity index (χ3v) is 7.52. The van der Waals surface area contributed by atoms with E-state index in [2.05, 4.69) is 115 Å². The Labute approximate surface area is 222 Å². The smallest absolute Gasteiger partial charge is 0 e. The minimum Gasteiger partial charge on any atom is 0 e. The van der Waals surface area contributed by atoms with E-state index in [1.54, 1.807) is 11.1 Å². The Hall–Kier alpha value is 0.183. The fourth-order valence-corrected chi connectivity index (χ4v) is 4.13. The molecule has 0 aromatic rings. The molecule has 2 saturated carbocycles. The summed E-state index contributed by atoms with van der Waals surface area (Å²) in [6.45, 7) is 39.8. The van der Waals surface area contributed by atoms with Crippen molar-refractivity contribution in [1.29, 1.82) is 0 Å². The van der Waals surface area contributed by atoms with Crippen LogP contribution < -0.4 is 0 Å². The largest absolute Gasteiger partial charge is 0 e. The molecule has 8 heteroatoms. The molecule has 2 fully saturated rings. The van der Waals surface area contributed by atoms with Gasteiger partial charge in [0.05, 0.1) is 16.1 Å². The Morgan fingerprint density at radius 2 is 0.750 bits per heavy atom. The summed E-state index contributed by atoms with van der Waals surface area (Å²) in [5, 5.41) is 0. The van der Waals surface area contributed by atoms with Crippen molar-refractivity contribution < 1.29 is 48.1 Å². The molecule has 0 saturated heterocycles. The number of rotatable bonds is 2. The van der Waals surface area contributed by atoms with Gasteiger partial charge >= 0.3 is 33.9 Å². The van der Waals surface area contributed by atoms with Crippen LogP contribution in [-0.2, 0) is 48.1 Å². The zero-order valence-electron chi connectivity index (χ0n) is 20.5. The van der Waals surface area contributed by atoms with Crippen molar-refractivity contribution in [3.8, 4) is 0 Å². The van der Waals surface area contributed by atoms with Crippen LogP contribution in [0.2, 0.25) is 39.3 Å². The van der Waals surface area contributed by atoms with E-state index in [1.165, 1.54) is 0 Å². The van der Waals surface area contributed by atoms with Crippen LogP contribution in [0.4, 0.5) is 0 Å². The van der Waals surface area contributed by atoms with Crippen LogP contribution in [-0.4, -0.2) is 21.7 Å². The van der Waals surface area contributed by atoms with Crippen molar-refractivity contribution in [3.05, 3.63) is 93.8 Å². The minimum atomic E-state index is -0.981. The Morgan fingerprint density at radius 1 is 0.594 bits per heavy atom. The van der Waals surface area contributed by atoms with Crippen LogP contribution in [0.3, 0.4) is 0 Å². The standard InChI is InChI=1S/2C8H13Si.C5H9N.3CO.2Fe/c2*1-9(2,3)8-6-4-5-7-8;1-5(2,3)6-4;3*1-2;;/h2*4-7H,1-3H3;1-3H3;;;;;. The van der Waals surface area contributed by atoms with Gasteiger partial charge in [-0.05, 0) is 62.4 Å². The van der Waals surface area contributed by atoms with E-state index in [9.17, 15) is 0 Å². The molecule has 2 rings (SSSR count). The van der Waals surface area contributed by atoms with Gasteiger partial charge in [0.1, 0.15) is 0 Å². The molecule has 2 aliphatic carbocycles. The predicted molar refractivity (Wildman–Crippen MR) is 126 cm³/mol. The van der Waals surface area contributed by atoms with Crippen molar-refractivity contribution in [2.45, 2.75) is 65.6 Å². The van der Waals surface area contributed by atoms with Gasteiger partial charge in [0.15, 0.2) is 0 Å². The second-order valence-corrected chi connectivity index (χ2v) is 19.3. The zero-order chi connectivity index (χ0) is 25.0. The maximum atomic E-state index is 7.50. The van der Waals surface area contributed by atoms with Crippen molar-refractivity contribution in [2.75, 3.05) is 0 Å². The molecule has 0 atom stereocenters. The molecular formula is C24H35Fe2NO3Si2. The van der Waals surface area contributed by atoms with Gasteiger partial charge in [-0.25, -0.2) is 6.57 Å². The van der Waals surface area contributed by atoms with E-state index >= 15 is 0 Å². The second-order valence-electron chi connectivity index (χ2n) is 9.13. The molecule has 0 aromatic heterocycles. The number of hydrogen-bond acceptors (Lipinski definition) is 0. The molecule has 0 heterocycles. The molecule has 10 radical (unpaired) electrons. The van der Waals surface area contributed by atoms with Crippen molar-refractivity contribution in [3.63, 3.8) is 0 Å². The molecule has 2 aliphatic rings. The van der Waals surface area contributed by atoms with Crippen molar-refractivity contribution in [1.82, 2.24) is 0 Å². The average molecular weight is 553 g/mol. The third-order valence-electron chi connectivity index (χ3n) is 3.39. The molecule has 0 bridgehead atoms. The molecule has 0 N–H and O–H groups in total. The molecule has 32 heavy (non-hydrogen) atoms. The van der Waals surface area contributed by atoms with Crippen LogP contribution in [0.1, 0.15) is 20.8 Å². The van der Waals surface area contributed by atoms with Crippen LogP contribution in [0.15, 0.2) is 0 Å². The molecule has 0 aromatic carbocycles. The maximum absolute atomic E-state index is 7.50. The summed E-state index contributed by atoms with van der Waals surface area (Å²) in [4.78, 5) is 3.27. The zero-order valence-corrected chi connectivity index (χ0v) is 24.7. The SMILES string of the molecule is C[Si](C)(C)[C]1[CH][CH][CH][CH]1.C[Si](C)(C)[C]1[CH][CH][CH][CH]1.[C-]#[N+]C(C)(C)C.[C-]#[O+].[C-]#[O+].[C-]#[O+].[Fe].[Fe]. The summed E-state index contributed by atoms with van der Waals surface area (Å²) in [6, 6.07) is 0. The fourth-order valence-electron chi connectivity index (χ4n) is 1.75. The quantitative estimate of drug-likeness (QED) is 0.225. The van der Waals surface area contributed by atoms with Gasteiger partial charge in [0.2, 0.25) is 5.54 Å². The summed E-state index contributed by atoms with van der Waals surface area (Å²) < 4.78 is 22.5. The summed E-state index contributed by atoms with van der Waals surface area (Å²) in [6.07, 6.45) is 17.4. The molecule has 0 aliphatic heterocycles. The first-order chi connectivity index (χ1) is 13.8. The average Bonchev–Trinajstić information content (AvgIpc) is 3.40. The third kappa shape index (κ3) is 30.2. The molecular weight excluding hydrogens is 518 g/mol. The van der Waals surface area contributed by atoms with E-state index < -0.39 is 16.1 Å². The van der Waals surface area contributed by atoms with E-state index in [4.69, 9.17) is 20.5 Å². The van der Waals surface area contributed by atoms with E-state index in [1.807, 2.05) is 20.8 Å². The summed E-state index contributed by atoms with van der Waals surface area (Å²) in [5.41, 5.74) is 2.95. The van der Waals surface area contributed by atoms with Gasteiger partial charge in [-0.2, -0.15) is 0 Å². The first-order valence-corrected chi connectivity index (χ1v) is 16.2. The normalized spacial score (nSPS) is 15.1. The molecule has 0 unspecified atom stereocenters. The maximum Gasteiger partial charge on any atom is 0 e. The van der Waals surface area contributed by atoms with Gasteiger partial charge in [-0.3, -0.25) is 0 Å². The molecule has 0 amide bonds. The van der Waals surface area contributed by atoms with Gasteiger partial charge in [0, 0.05) is 54.9 Å². The van der Waals surface area contributed by atoms with E-state index in [0.717, 1.165) is 0 Å². The molecule has 0 spiro atoms. The van der Waals surface area contributed by atoms with Gasteiger partial charge in [0.25, 0.3) is 0 Å². The van der Waals surface area contributed by atoms with Crippen LogP contribution in [0.25, 0.3) is 4.85 Å². The Kier molecular flexibility index (Phi) is 36.8. The Bertz CT molecular complexity index is 459. The van der Waals surface area contributed by atoms with Gasteiger partial charge < -0.3 is 4.85 Å². The topological polar surface area (TPSA) is 64.1 Å². The van der Waals surface area contributed by atoms with Crippen LogP contribution in [0, 0.1) is 89.0 Å². The predicted octanol–water partition coefficient (Wildman–Crippen LogP) is 6.12. The molecule has 4 nitrogen and oxygen atoms in total. The van der Waals surface area contributed by atoms with Crippen LogP contribution in [0.5, 0.6) is 0 Å². The van der Waals surface area contributed by atoms with Gasteiger partial charge in [-0.15, -0.1) is 0 Å². The summed E-state index contributed by atoms with van der Waals surface area (Å²) in [5.74, 6) is 0. The van der Waals surface area contributed by atoms with E-state index in [0.29, 0.717) is 0 Å². The second kappa shape index (κ2) is 25.8. The van der Waals surface area contributed by atoms with E-state index in [-0.39, 0.29) is 39.7 Å². The number of nitrogens with zero attached hydrogens (tertiary/aromatic N) is 1. The van der Waals surface area contributed by atoms with Crippen LogP contribution >= 0.6 is 0 Å². The first-order valence-electron chi connectivity index (χ1n) is 9.21. The fraction of sp³-hybridized carbons (Fsp3) is 0.417. The van der Waals surface area contributed by atoms with Crippen molar-refractivity contribution in [2.24, 2.45) is 0 Å². The first kappa shape index (κ1) is 45.6. The summed E-state index contributed by atoms with van der Waals surface area (Å²) >= 11 is 0. The monoisotopic (exact) mass is 553 g/mol. The van der Waals surface area contributed by atoms with Crippen molar-refractivity contribution >= 4 is 16.1 Å².